The van der Waals surface area contributed by atoms with E-state index in [-0.39, 0.29) is 0 Å². The number of hydrogen-bond donors (Lipinski definition) is 0. The molecule has 0 unspecified atom stereocenters. The van der Waals surface area contributed by atoms with Gasteiger partial charge in [0.15, 0.2) is 13.0 Å². The standard InChI is InChI=1S/C6Cl12O/c7-1(8)2(9,10)4(13,14)6(17,19-18)5(15,16)3(1,11)12. The van der Waals surface area contributed by atoms with Crippen LogP contribution in [0.1, 0.15) is 0 Å². The molecule has 1 rings (SSSR count). The molecular weight excluding hydrogens is 514 g/mol. The Labute approximate surface area is 168 Å². The minimum Gasteiger partial charge on any atom is -0.249 e. The first-order valence-corrected chi connectivity index (χ1v) is 8.40. The predicted molar refractivity (Wildman–Crippen MR) is 87.7 cm³/mol. The molecule has 1 nitrogen and oxygen atoms in total. The van der Waals surface area contributed by atoms with E-state index in [1.807, 2.05) is 0 Å². The van der Waals surface area contributed by atoms with Gasteiger partial charge in [0, 0.05) is 0 Å². The summed E-state index contributed by atoms with van der Waals surface area (Å²) < 4.78 is -7.98. The van der Waals surface area contributed by atoms with Crippen LogP contribution >= 0.6 is 139 Å². The normalized spacial score (nSPS) is 32.8. The van der Waals surface area contributed by atoms with Crippen molar-refractivity contribution in [2.24, 2.45) is 0 Å². The summed E-state index contributed by atoms with van der Waals surface area (Å²) in [4.78, 5) is 0. The molecule has 19 heavy (non-hydrogen) atoms. The number of rotatable bonds is 1. The summed E-state index contributed by atoms with van der Waals surface area (Å²) >= 11 is 70.9. The van der Waals surface area contributed by atoms with Crippen molar-refractivity contribution in [3.8, 4) is 0 Å². The highest BCUT2D eigenvalue weighted by molar-refractivity contribution is 6.80. The molecule has 0 amide bonds. The first kappa shape index (κ1) is 20.5. The fourth-order valence-electron chi connectivity index (χ4n) is 1.29. The number of hydrogen-bond acceptors (Lipinski definition) is 1. The summed E-state index contributed by atoms with van der Waals surface area (Å²) in [5.74, 6) is 0. The average molecular weight is 514 g/mol. The molecular formula is C6Cl12O. The van der Waals surface area contributed by atoms with E-state index in [4.69, 9.17) is 139 Å². The first-order chi connectivity index (χ1) is 8.06. The van der Waals surface area contributed by atoms with E-state index >= 15 is 0 Å². The summed E-state index contributed by atoms with van der Waals surface area (Å²) in [6.45, 7) is 0. The molecule has 0 spiro atoms. The maximum Gasteiger partial charge on any atom is 0.233 e. The van der Waals surface area contributed by atoms with E-state index in [1.54, 1.807) is 0 Å². The molecule has 13 heteroatoms. The number of halogens is 12. The Morgan fingerprint density at radius 2 is 0.632 bits per heavy atom. The Bertz CT molecular complexity index is 356. The van der Waals surface area contributed by atoms with Crippen molar-refractivity contribution in [3.05, 3.63) is 0 Å². The maximum absolute atomic E-state index is 6.00. The molecule has 0 aromatic heterocycles. The van der Waals surface area contributed by atoms with Crippen molar-refractivity contribution in [1.29, 1.82) is 0 Å². The van der Waals surface area contributed by atoms with Gasteiger partial charge in [0.2, 0.25) is 13.7 Å². The van der Waals surface area contributed by atoms with E-state index in [2.05, 4.69) is 4.29 Å². The van der Waals surface area contributed by atoms with Crippen molar-refractivity contribution in [3.63, 3.8) is 0 Å². The molecule has 1 aliphatic rings. The second-order valence-corrected chi connectivity index (χ2v) is 10.9. The van der Waals surface area contributed by atoms with Gasteiger partial charge in [-0.05, 0) is 0 Å². The molecule has 0 aliphatic heterocycles. The minimum atomic E-state index is -2.56. The van der Waals surface area contributed by atoms with Crippen LogP contribution in [0.2, 0.25) is 0 Å². The second-order valence-electron chi connectivity index (χ2n) is 3.54. The molecule has 0 saturated heterocycles. The van der Waals surface area contributed by atoms with Crippen LogP contribution in [-0.4, -0.2) is 26.7 Å². The average Bonchev–Trinajstić information content (AvgIpc) is 2.24. The summed E-state index contributed by atoms with van der Waals surface area (Å²) in [6.07, 6.45) is 0. The minimum absolute atomic E-state index is 2.45. The van der Waals surface area contributed by atoms with E-state index in [1.165, 1.54) is 0 Å². The lowest BCUT2D eigenvalue weighted by Gasteiger charge is -2.61. The van der Waals surface area contributed by atoms with Crippen LogP contribution in [0.5, 0.6) is 0 Å². The monoisotopic (exact) mass is 508 g/mol. The third kappa shape index (κ3) is 2.22. The Kier molecular flexibility index (Phi) is 5.91. The van der Waals surface area contributed by atoms with Gasteiger partial charge in [0.25, 0.3) is 0 Å². The quantitative estimate of drug-likeness (QED) is 0.344. The van der Waals surface area contributed by atoms with Gasteiger partial charge in [-0.1, -0.05) is 128 Å². The molecule has 0 aromatic rings. The summed E-state index contributed by atoms with van der Waals surface area (Å²) in [7, 11) is 0. The van der Waals surface area contributed by atoms with E-state index in [0.29, 0.717) is 0 Å². The zero-order valence-corrected chi connectivity index (χ0v) is 17.0. The molecule has 114 valence electrons. The highest BCUT2D eigenvalue weighted by Gasteiger charge is 2.89. The van der Waals surface area contributed by atoms with Crippen LogP contribution in [0.25, 0.3) is 0 Å². The largest absolute Gasteiger partial charge is 0.249 e. The van der Waals surface area contributed by atoms with Crippen LogP contribution in [-0.2, 0) is 4.29 Å². The molecule has 0 aromatic carbocycles. The Morgan fingerprint density at radius 3 is 0.842 bits per heavy atom. The van der Waals surface area contributed by atoms with Gasteiger partial charge in [-0.25, -0.2) is 4.29 Å². The van der Waals surface area contributed by atoms with Crippen molar-refractivity contribution >= 4 is 139 Å². The predicted octanol–water partition coefficient (Wildman–Crippen LogP) is 6.97. The van der Waals surface area contributed by atoms with Crippen LogP contribution < -0.4 is 0 Å². The lowest BCUT2D eigenvalue weighted by Crippen LogP contribution is -2.80. The molecule has 0 atom stereocenters. The highest BCUT2D eigenvalue weighted by atomic mass is 35.6. The fourth-order valence-corrected chi connectivity index (χ4v) is 5.88. The van der Waals surface area contributed by atoms with Gasteiger partial charge in [0.05, 0.1) is 11.9 Å². The Morgan fingerprint density at radius 1 is 0.421 bits per heavy atom. The van der Waals surface area contributed by atoms with Crippen molar-refractivity contribution in [2.75, 3.05) is 0 Å². The molecule has 0 bridgehead atoms. The van der Waals surface area contributed by atoms with E-state index in [9.17, 15) is 0 Å². The smallest absolute Gasteiger partial charge is 0.233 e. The van der Waals surface area contributed by atoms with E-state index < -0.39 is 26.7 Å². The van der Waals surface area contributed by atoms with Crippen LogP contribution in [0, 0.1) is 0 Å². The van der Waals surface area contributed by atoms with Crippen LogP contribution in [0.4, 0.5) is 0 Å². The van der Waals surface area contributed by atoms with Crippen LogP contribution in [0.15, 0.2) is 0 Å². The van der Waals surface area contributed by atoms with Gasteiger partial charge in [-0.2, -0.15) is 0 Å². The lowest BCUT2D eigenvalue weighted by molar-refractivity contribution is 0.0895. The van der Waals surface area contributed by atoms with Gasteiger partial charge in [-0.15, -0.1) is 0 Å². The topological polar surface area (TPSA) is 9.23 Å². The molecule has 1 saturated carbocycles. The zero-order valence-electron chi connectivity index (χ0n) is 7.94. The van der Waals surface area contributed by atoms with Gasteiger partial charge in [0.1, 0.15) is 0 Å². The third-order valence-corrected chi connectivity index (χ3v) is 11.0. The summed E-state index contributed by atoms with van der Waals surface area (Å²) in [6, 6.07) is 0. The van der Waals surface area contributed by atoms with Crippen molar-refractivity contribution in [2.45, 2.75) is 26.7 Å². The maximum atomic E-state index is 6.00. The molecule has 1 fully saturated rings. The van der Waals surface area contributed by atoms with Crippen molar-refractivity contribution in [1.82, 2.24) is 0 Å². The Hall–Kier alpha value is 3.44. The summed E-state index contributed by atoms with van der Waals surface area (Å²) in [5.41, 5.74) is 0. The molecule has 1 aliphatic carbocycles. The zero-order chi connectivity index (χ0) is 15.7. The molecule has 0 heterocycles. The third-order valence-electron chi connectivity index (χ3n) is 2.49. The SMILES string of the molecule is ClOC1(Cl)C(Cl)(Cl)C(Cl)(Cl)C(Cl)(Cl)C(Cl)(Cl)C1(Cl)Cl. The fraction of sp³-hybridized carbons (Fsp3) is 1.00. The van der Waals surface area contributed by atoms with E-state index in [0.717, 1.165) is 0 Å². The van der Waals surface area contributed by atoms with Gasteiger partial charge < -0.3 is 0 Å². The van der Waals surface area contributed by atoms with Gasteiger partial charge in [-0.3, -0.25) is 0 Å². The second kappa shape index (κ2) is 5.48. The molecule has 0 N–H and O–H groups in total. The highest BCUT2D eigenvalue weighted by Crippen LogP contribution is 2.77. The summed E-state index contributed by atoms with van der Waals surface area (Å²) in [5, 5.41) is -2.56. The lowest BCUT2D eigenvalue weighted by atomic mass is 9.91. The van der Waals surface area contributed by atoms with Crippen LogP contribution in [0.3, 0.4) is 0 Å². The molecule has 0 radical (unpaired) electrons. The Balaban J connectivity index is 3.76. The van der Waals surface area contributed by atoms with Gasteiger partial charge >= 0.3 is 0 Å². The van der Waals surface area contributed by atoms with Crippen molar-refractivity contribution < 1.29 is 4.29 Å². The number of alkyl halides is 11. The first-order valence-electron chi connectivity index (χ1n) is 3.94.